The first-order valence-electron chi connectivity index (χ1n) is 4.91. The molecule has 0 aromatic carbocycles. The van der Waals surface area contributed by atoms with E-state index >= 15 is 0 Å². The number of nitrogens with one attached hydrogen (secondary N) is 1. The number of carboxylic acids is 1. The molecule has 1 amide bonds. The van der Waals surface area contributed by atoms with Gasteiger partial charge in [0.15, 0.2) is 0 Å². The third kappa shape index (κ3) is 1.59. The molecule has 2 heterocycles. The number of carboxylic acid groups (broad SMARTS) is 1. The normalized spacial score (nSPS) is 27.4. The summed E-state index contributed by atoms with van der Waals surface area (Å²) < 4.78 is 0. The number of likely N-dealkylation sites (tertiary alicyclic amines) is 1. The summed E-state index contributed by atoms with van der Waals surface area (Å²) in [5, 5.41) is 11.8. The molecule has 78 valence electrons. The molecule has 0 saturated carbocycles. The van der Waals surface area contributed by atoms with Crippen LogP contribution < -0.4 is 5.32 Å². The van der Waals surface area contributed by atoms with E-state index in [4.69, 9.17) is 5.11 Å². The van der Waals surface area contributed by atoms with Crippen molar-refractivity contribution in [2.24, 2.45) is 11.8 Å². The fourth-order valence-electron chi connectivity index (χ4n) is 1.88. The monoisotopic (exact) mass is 198 g/mol. The smallest absolute Gasteiger partial charge is 0.308 e. The third-order valence-corrected chi connectivity index (χ3v) is 2.98. The van der Waals surface area contributed by atoms with Crippen LogP contribution in [0.4, 0.5) is 0 Å². The Morgan fingerprint density at radius 2 is 2.00 bits per heavy atom. The largest absolute Gasteiger partial charge is 0.481 e. The van der Waals surface area contributed by atoms with Crippen molar-refractivity contribution < 1.29 is 14.7 Å². The highest BCUT2D eigenvalue weighted by Crippen LogP contribution is 2.19. The molecule has 0 spiro atoms. The molecule has 2 fully saturated rings. The van der Waals surface area contributed by atoms with Crippen molar-refractivity contribution in [1.82, 2.24) is 10.2 Å². The zero-order valence-electron chi connectivity index (χ0n) is 7.90. The predicted molar refractivity (Wildman–Crippen MR) is 48.7 cm³/mol. The molecule has 2 saturated heterocycles. The number of rotatable bonds is 2. The van der Waals surface area contributed by atoms with Crippen LogP contribution in [0.5, 0.6) is 0 Å². The summed E-state index contributed by atoms with van der Waals surface area (Å²) in [6.07, 6.45) is 0.598. The Balaban J connectivity index is 1.88. The third-order valence-electron chi connectivity index (χ3n) is 2.98. The average Bonchev–Trinajstić information content (AvgIpc) is 2.48. The number of nitrogens with zero attached hydrogens (tertiary/aromatic N) is 1. The van der Waals surface area contributed by atoms with E-state index in [1.165, 1.54) is 0 Å². The second-order valence-electron chi connectivity index (χ2n) is 3.96. The minimum Gasteiger partial charge on any atom is -0.481 e. The van der Waals surface area contributed by atoms with Crippen LogP contribution in [0.1, 0.15) is 6.42 Å². The van der Waals surface area contributed by atoms with E-state index in [0.29, 0.717) is 19.5 Å². The number of amides is 1. The second-order valence-corrected chi connectivity index (χ2v) is 3.96. The molecule has 14 heavy (non-hydrogen) atoms. The van der Waals surface area contributed by atoms with E-state index in [-0.39, 0.29) is 17.7 Å². The van der Waals surface area contributed by atoms with Crippen LogP contribution >= 0.6 is 0 Å². The van der Waals surface area contributed by atoms with Crippen molar-refractivity contribution in [3.8, 4) is 0 Å². The van der Waals surface area contributed by atoms with Crippen LogP contribution in [0.2, 0.25) is 0 Å². The molecule has 2 N–H and O–H groups in total. The van der Waals surface area contributed by atoms with Crippen LogP contribution in [-0.4, -0.2) is 48.1 Å². The molecule has 0 aromatic heterocycles. The first-order chi connectivity index (χ1) is 6.68. The molecule has 0 bridgehead atoms. The molecule has 0 aromatic rings. The SMILES string of the molecule is O=C(O)C1CCN(C(=O)C2CNC2)C1. The van der Waals surface area contributed by atoms with Crippen LogP contribution in [0.25, 0.3) is 0 Å². The zero-order valence-corrected chi connectivity index (χ0v) is 7.90. The summed E-state index contributed by atoms with van der Waals surface area (Å²) in [6, 6.07) is 0. The van der Waals surface area contributed by atoms with Crippen LogP contribution in [-0.2, 0) is 9.59 Å². The van der Waals surface area contributed by atoms with Gasteiger partial charge in [-0.2, -0.15) is 0 Å². The fraction of sp³-hybridized carbons (Fsp3) is 0.778. The summed E-state index contributed by atoms with van der Waals surface area (Å²) in [7, 11) is 0. The first-order valence-corrected chi connectivity index (χ1v) is 4.91. The topological polar surface area (TPSA) is 69.6 Å². The minimum absolute atomic E-state index is 0.0857. The standard InChI is InChI=1S/C9H14N2O3/c12-8(7-3-10-4-7)11-2-1-6(5-11)9(13)14/h6-7,10H,1-5H2,(H,13,14). The zero-order chi connectivity index (χ0) is 10.1. The van der Waals surface area contributed by atoms with Crippen LogP contribution in [0.15, 0.2) is 0 Å². The van der Waals surface area contributed by atoms with E-state index in [1.807, 2.05) is 0 Å². The molecule has 0 aliphatic carbocycles. The number of carbonyl (C=O) groups excluding carboxylic acids is 1. The summed E-state index contributed by atoms with van der Waals surface area (Å²) in [6.45, 7) is 2.48. The highest BCUT2D eigenvalue weighted by molar-refractivity contribution is 5.81. The van der Waals surface area contributed by atoms with Gasteiger partial charge in [0.25, 0.3) is 0 Å². The fourth-order valence-corrected chi connectivity index (χ4v) is 1.88. The lowest BCUT2D eigenvalue weighted by Crippen LogP contribution is -2.51. The van der Waals surface area contributed by atoms with Crippen molar-refractivity contribution in [3.63, 3.8) is 0 Å². The summed E-state index contributed by atoms with van der Waals surface area (Å²) in [5.41, 5.74) is 0. The Labute approximate surface area is 82.1 Å². The predicted octanol–water partition coefficient (Wildman–Crippen LogP) is -0.861. The Morgan fingerprint density at radius 1 is 1.29 bits per heavy atom. The lowest BCUT2D eigenvalue weighted by atomic mass is 10.0. The van der Waals surface area contributed by atoms with Crippen molar-refractivity contribution >= 4 is 11.9 Å². The Kier molecular flexibility index (Phi) is 2.41. The van der Waals surface area contributed by atoms with Gasteiger partial charge in [0, 0.05) is 26.2 Å². The molecular weight excluding hydrogens is 184 g/mol. The van der Waals surface area contributed by atoms with Gasteiger partial charge in [0.05, 0.1) is 11.8 Å². The second kappa shape index (κ2) is 3.57. The van der Waals surface area contributed by atoms with E-state index in [2.05, 4.69) is 5.32 Å². The van der Waals surface area contributed by atoms with Gasteiger partial charge in [-0.05, 0) is 6.42 Å². The summed E-state index contributed by atoms with van der Waals surface area (Å²) >= 11 is 0. The van der Waals surface area contributed by atoms with E-state index in [1.54, 1.807) is 4.90 Å². The van der Waals surface area contributed by atoms with Gasteiger partial charge in [-0.1, -0.05) is 0 Å². The molecule has 5 nitrogen and oxygen atoms in total. The molecule has 0 radical (unpaired) electrons. The van der Waals surface area contributed by atoms with Gasteiger partial charge in [-0.3, -0.25) is 9.59 Å². The molecule has 1 unspecified atom stereocenters. The Morgan fingerprint density at radius 3 is 2.43 bits per heavy atom. The lowest BCUT2D eigenvalue weighted by Gasteiger charge is -2.30. The molecule has 2 rings (SSSR count). The maximum Gasteiger partial charge on any atom is 0.308 e. The van der Waals surface area contributed by atoms with Gasteiger partial charge in [-0.15, -0.1) is 0 Å². The molecule has 5 heteroatoms. The molecular formula is C9H14N2O3. The molecule has 2 aliphatic rings. The summed E-state index contributed by atoms with van der Waals surface area (Å²) in [5.74, 6) is -0.936. The van der Waals surface area contributed by atoms with Crippen LogP contribution in [0, 0.1) is 11.8 Å². The average molecular weight is 198 g/mol. The molecule has 2 aliphatic heterocycles. The van der Waals surface area contributed by atoms with Gasteiger partial charge >= 0.3 is 5.97 Å². The van der Waals surface area contributed by atoms with Crippen molar-refractivity contribution in [3.05, 3.63) is 0 Å². The lowest BCUT2D eigenvalue weighted by molar-refractivity contribution is -0.141. The maximum atomic E-state index is 11.7. The Bertz CT molecular complexity index is 263. The Hall–Kier alpha value is -1.10. The van der Waals surface area contributed by atoms with Gasteiger partial charge in [0.2, 0.25) is 5.91 Å². The highest BCUT2D eigenvalue weighted by Gasteiger charge is 2.35. The van der Waals surface area contributed by atoms with Gasteiger partial charge in [-0.25, -0.2) is 0 Å². The molecule has 1 atom stereocenters. The maximum absolute atomic E-state index is 11.7. The summed E-state index contributed by atoms with van der Waals surface area (Å²) in [4.78, 5) is 24.0. The van der Waals surface area contributed by atoms with Gasteiger partial charge in [0.1, 0.15) is 0 Å². The number of hydrogen-bond donors (Lipinski definition) is 2. The van der Waals surface area contributed by atoms with E-state index in [0.717, 1.165) is 13.1 Å². The van der Waals surface area contributed by atoms with Crippen molar-refractivity contribution in [1.29, 1.82) is 0 Å². The number of aliphatic carboxylic acids is 1. The highest BCUT2D eigenvalue weighted by atomic mass is 16.4. The van der Waals surface area contributed by atoms with Crippen molar-refractivity contribution in [2.45, 2.75) is 6.42 Å². The number of hydrogen-bond acceptors (Lipinski definition) is 3. The van der Waals surface area contributed by atoms with Crippen molar-refractivity contribution in [2.75, 3.05) is 26.2 Å². The van der Waals surface area contributed by atoms with E-state index < -0.39 is 5.97 Å². The van der Waals surface area contributed by atoms with Crippen LogP contribution in [0.3, 0.4) is 0 Å². The number of carbonyl (C=O) groups is 2. The first kappa shape index (κ1) is 9.45. The van der Waals surface area contributed by atoms with E-state index in [9.17, 15) is 9.59 Å². The van der Waals surface area contributed by atoms with Gasteiger partial charge < -0.3 is 15.3 Å². The minimum atomic E-state index is -0.785. The quantitative estimate of drug-likeness (QED) is 0.605.